The molecule has 1 N–H and O–H groups in total. The number of rotatable bonds is 9. The zero-order chi connectivity index (χ0) is 29.6. The molecular formula is C27H30N6O6S2. The first-order chi connectivity index (χ1) is 19.7. The second-order valence-electron chi connectivity index (χ2n) is 9.50. The number of carbonyl (C=O) groups is 3. The van der Waals surface area contributed by atoms with Crippen LogP contribution in [0.3, 0.4) is 0 Å². The Bertz CT molecular complexity index is 1480. The molecule has 0 unspecified atom stereocenters. The van der Waals surface area contributed by atoms with Crippen LogP contribution in [-0.4, -0.2) is 86.2 Å². The molecule has 3 heterocycles. The highest BCUT2D eigenvalue weighted by Gasteiger charge is 2.32. The highest BCUT2D eigenvalue weighted by atomic mass is 32.2. The summed E-state index contributed by atoms with van der Waals surface area (Å²) in [5.74, 6) is -0.781. The summed E-state index contributed by atoms with van der Waals surface area (Å²) in [4.78, 5) is 43.0. The van der Waals surface area contributed by atoms with Gasteiger partial charge in [0.05, 0.1) is 42.4 Å². The molecule has 0 bridgehead atoms. The summed E-state index contributed by atoms with van der Waals surface area (Å²) < 4.78 is 32.7. The van der Waals surface area contributed by atoms with Crippen LogP contribution < -0.4 is 5.32 Å². The van der Waals surface area contributed by atoms with Gasteiger partial charge in [0.1, 0.15) is 5.00 Å². The number of nitrogens with zero attached hydrogens (tertiary/aromatic N) is 5. The number of morpholine rings is 1. The van der Waals surface area contributed by atoms with Crippen LogP contribution in [0, 0.1) is 22.7 Å². The number of amides is 3. The molecular weight excluding hydrogens is 568 g/mol. The summed E-state index contributed by atoms with van der Waals surface area (Å²) in [5, 5.41) is 21.0. The summed E-state index contributed by atoms with van der Waals surface area (Å²) in [6.45, 7) is 3.96. The van der Waals surface area contributed by atoms with Crippen LogP contribution in [0.25, 0.3) is 0 Å². The zero-order valence-corrected chi connectivity index (χ0v) is 24.2. The summed E-state index contributed by atoms with van der Waals surface area (Å²) in [6, 6.07) is 9.19. The van der Waals surface area contributed by atoms with Crippen molar-refractivity contribution in [1.29, 1.82) is 10.5 Å². The quantitative estimate of drug-likeness (QED) is 0.459. The number of benzene rings is 1. The Kier molecular flexibility index (Phi) is 9.73. The van der Waals surface area contributed by atoms with E-state index in [1.807, 2.05) is 12.1 Å². The summed E-state index contributed by atoms with van der Waals surface area (Å²) in [7, 11) is -3.98. The van der Waals surface area contributed by atoms with Gasteiger partial charge in [-0.1, -0.05) is 0 Å². The van der Waals surface area contributed by atoms with E-state index in [0.717, 1.165) is 14.7 Å². The van der Waals surface area contributed by atoms with Gasteiger partial charge in [-0.3, -0.25) is 14.4 Å². The van der Waals surface area contributed by atoms with E-state index in [1.165, 1.54) is 42.5 Å². The molecule has 12 nitrogen and oxygen atoms in total. The first kappa shape index (κ1) is 30.1. The van der Waals surface area contributed by atoms with E-state index in [1.54, 1.807) is 9.80 Å². The molecule has 2 aromatic rings. The topological polar surface area (TPSA) is 164 Å². The van der Waals surface area contributed by atoms with Crippen LogP contribution in [0.4, 0.5) is 5.00 Å². The lowest BCUT2D eigenvalue weighted by Gasteiger charge is -2.29. The minimum atomic E-state index is -3.98. The SMILES string of the molecule is CC(=O)N1CCc2c(sc(NC(=O)c3ccc(S(=O)(=O)N(CCC#N)CCC#N)cc3)c2C(=O)N2CCOCC2)C1. The number of fused-ring (bicyclic) bond motifs is 1. The van der Waals surface area contributed by atoms with Crippen LogP contribution in [0.5, 0.6) is 0 Å². The Morgan fingerprint density at radius 2 is 1.66 bits per heavy atom. The van der Waals surface area contributed by atoms with Crippen molar-refractivity contribution in [2.24, 2.45) is 0 Å². The van der Waals surface area contributed by atoms with Crippen molar-refractivity contribution in [2.75, 3.05) is 51.3 Å². The molecule has 41 heavy (non-hydrogen) atoms. The average Bonchev–Trinajstić information content (AvgIpc) is 3.34. The highest BCUT2D eigenvalue weighted by molar-refractivity contribution is 7.89. The third-order valence-electron chi connectivity index (χ3n) is 6.94. The first-order valence-electron chi connectivity index (χ1n) is 13.1. The molecule has 0 aliphatic carbocycles. The minimum Gasteiger partial charge on any atom is -0.378 e. The standard InChI is InChI=1S/C27H30N6O6S2/c1-19(34)32-13-8-22-23(18-32)40-26(24(22)27(36)31-14-16-39-17-15-31)30-25(35)20-4-6-21(7-5-20)41(37,38)33(11-2-9-28)12-3-10-29/h4-7H,2-3,8,11-18H2,1H3,(H,30,35). The number of hydrogen-bond donors (Lipinski definition) is 1. The van der Waals surface area contributed by atoms with E-state index in [9.17, 15) is 22.8 Å². The summed E-state index contributed by atoms with van der Waals surface area (Å²) >= 11 is 1.27. The zero-order valence-electron chi connectivity index (χ0n) is 22.6. The molecule has 14 heteroatoms. The molecule has 1 fully saturated rings. The van der Waals surface area contributed by atoms with Gasteiger partial charge in [0.15, 0.2) is 0 Å². The monoisotopic (exact) mass is 598 g/mol. The van der Waals surface area contributed by atoms with E-state index >= 15 is 0 Å². The molecule has 0 radical (unpaired) electrons. The minimum absolute atomic E-state index is 0.0222. The lowest BCUT2D eigenvalue weighted by Crippen LogP contribution is -2.41. The second kappa shape index (κ2) is 13.2. The third kappa shape index (κ3) is 6.74. The largest absolute Gasteiger partial charge is 0.378 e. The molecule has 216 valence electrons. The molecule has 1 aromatic heterocycles. The van der Waals surface area contributed by atoms with Crippen LogP contribution in [-0.2, 0) is 32.5 Å². The number of carbonyl (C=O) groups excluding carboxylic acids is 3. The molecule has 1 saturated heterocycles. The van der Waals surface area contributed by atoms with Gasteiger partial charge in [-0.15, -0.1) is 11.3 Å². The van der Waals surface area contributed by atoms with Crippen LogP contribution >= 0.6 is 11.3 Å². The molecule has 1 aromatic carbocycles. The Labute approximate surface area is 242 Å². The van der Waals surface area contributed by atoms with Crippen LogP contribution in [0.1, 0.15) is 50.9 Å². The Morgan fingerprint density at radius 1 is 1.02 bits per heavy atom. The van der Waals surface area contributed by atoms with Crippen LogP contribution in [0.15, 0.2) is 29.2 Å². The number of nitrogens with one attached hydrogen (secondary N) is 1. The molecule has 0 saturated carbocycles. The summed E-state index contributed by atoms with van der Waals surface area (Å²) in [5.41, 5.74) is 1.44. The number of ether oxygens (including phenoxy) is 1. The van der Waals surface area contributed by atoms with Crippen LogP contribution in [0.2, 0.25) is 0 Å². The molecule has 4 rings (SSSR count). The van der Waals surface area contributed by atoms with Crippen molar-refractivity contribution in [1.82, 2.24) is 14.1 Å². The van der Waals surface area contributed by atoms with Gasteiger partial charge < -0.3 is 19.9 Å². The van der Waals surface area contributed by atoms with Gasteiger partial charge in [-0.05, 0) is 36.2 Å². The maximum Gasteiger partial charge on any atom is 0.257 e. The lowest BCUT2D eigenvalue weighted by atomic mass is 10.0. The maximum absolute atomic E-state index is 13.6. The number of nitriles is 2. The Morgan fingerprint density at radius 3 is 2.24 bits per heavy atom. The summed E-state index contributed by atoms with van der Waals surface area (Å²) in [6.07, 6.45) is 0.449. The first-order valence-corrected chi connectivity index (χ1v) is 15.4. The van der Waals surface area contributed by atoms with Gasteiger partial charge in [0, 0.05) is 62.9 Å². The number of hydrogen-bond acceptors (Lipinski definition) is 9. The van der Waals surface area contributed by atoms with Crippen molar-refractivity contribution in [3.63, 3.8) is 0 Å². The van der Waals surface area contributed by atoms with Crippen molar-refractivity contribution < 1.29 is 27.5 Å². The smallest absolute Gasteiger partial charge is 0.257 e. The van der Waals surface area contributed by atoms with Crippen molar-refractivity contribution in [2.45, 2.75) is 37.6 Å². The van der Waals surface area contributed by atoms with Crippen molar-refractivity contribution in [3.05, 3.63) is 45.8 Å². The number of sulfonamides is 1. The fourth-order valence-electron chi connectivity index (χ4n) is 4.72. The van der Waals surface area contributed by atoms with Gasteiger partial charge in [0.25, 0.3) is 11.8 Å². The number of thiophene rings is 1. The number of anilines is 1. The predicted octanol–water partition coefficient (Wildman–Crippen LogP) is 2.20. The normalized spacial score (nSPS) is 15.1. The van der Waals surface area contributed by atoms with E-state index in [2.05, 4.69) is 5.32 Å². The molecule has 3 amide bonds. The fourth-order valence-corrected chi connectivity index (χ4v) is 7.41. The molecule has 0 atom stereocenters. The molecule has 2 aliphatic heterocycles. The maximum atomic E-state index is 13.6. The fraction of sp³-hybridized carbons (Fsp3) is 0.444. The van der Waals surface area contributed by atoms with Gasteiger partial charge in [-0.2, -0.15) is 14.8 Å². The van der Waals surface area contributed by atoms with E-state index in [0.29, 0.717) is 56.4 Å². The van der Waals surface area contributed by atoms with E-state index in [4.69, 9.17) is 15.3 Å². The van der Waals surface area contributed by atoms with Crippen molar-refractivity contribution in [3.8, 4) is 12.1 Å². The van der Waals surface area contributed by atoms with Gasteiger partial charge >= 0.3 is 0 Å². The third-order valence-corrected chi connectivity index (χ3v) is 9.99. The van der Waals surface area contributed by atoms with E-state index < -0.39 is 15.9 Å². The van der Waals surface area contributed by atoms with E-state index in [-0.39, 0.29) is 48.2 Å². The average molecular weight is 599 g/mol. The predicted molar refractivity (Wildman–Crippen MR) is 149 cm³/mol. The van der Waals surface area contributed by atoms with Crippen molar-refractivity contribution >= 4 is 44.1 Å². The Balaban J connectivity index is 1.59. The van der Waals surface area contributed by atoms with Gasteiger partial charge in [0.2, 0.25) is 15.9 Å². The highest BCUT2D eigenvalue weighted by Crippen LogP contribution is 2.38. The lowest BCUT2D eigenvalue weighted by molar-refractivity contribution is -0.129. The molecule has 0 spiro atoms. The Hall–Kier alpha value is -3.82. The second-order valence-corrected chi connectivity index (χ2v) is 12.5. The van der Waals surface area contributed by atoms with Gasteiger partial charge in [-0.25, -0.2) is 8.42 Å². The molecule has 2 aliphatic rings.